The molecule has 3 nitrogen and oxygen atoms in total. The summed E-state index contributed by atoms with van der Waals surface area (Å²) in [6.07, 6.45) is 0. The first kappa shape index (κ1) is 14.7. The highest BCUT2D eigenvalue weighted by Gasteiger charge is 2.07. The van der Waals surface area contributed by atoms with Gasteiger partial charge in [-0.2, -0.15) is 0 Å². The molecule has 0 spiro atoms. The quantitative estimate of drug-likeness (QED) is 0.711. The lowest BCUT2D eigenvalue weighted by molar-refractivity contribution is 0.337. The third-order valence-electron chi connectivity index (χ3n) is 2.28. The lowest BCUT2D eigenvalue weighted by Gasteiger charge is -2.08. The number of para-hydroxylation sites is 1. The zero-order valence-electron chi connectivity index (χ0n) is 11.0. The maximum atomic E-state index is 5.62. The molecule has 0 amide bonds. The molecule has 102 valence electrons. The minimum absolute atomic E-state index is 0.692. The third-order valence-corrected chi connectivity index (χ3v) is 5.40. The largest absolute Gasteiger partial charge is 0.494 e. The van der Waals surface area contributed by atoms with Gasteiger partial charge in [-0.15, -0.1) is 10.2 Å². The van der Waals surface area contributed by atoms with Gasteiger partial charge in [0.25, 0.3) is 0 Å². The molecule has 0 N–H and O–H groups in total. The third kappa shape index (κ3) is 4.40. The van der Waals surface area contributed by atoms with E-state index >= 15 is 0 Å². The summed E-state index contributed by atoms with van der Waals surface area (Å²) in [5.41, 5.74) is 1.20. The van der Waals surface area contributed by atoms with Gasteiger partial charge in [0.15, 0.2) is 8.68 Å². The number of ether oxygens (including phenoxy) is 1. The summed E-state index contributed by atoms with van der Waals surface area (Å²) in [6, 6.07) is 8.15. The summed E-state index contributed by atoms with van der Waals surface area (Å²) >= 11 is 5.11. The van der Waals surface area contributed by atoms with Crippen molar-refractivity contribution in [3.63, 3.8) is 0 Å². The fourth-order valence-corrected chi connectivity index (χ4v) is 4.40. The summed E-state index contributed by atoms with van der Waals surface area (Å²) in [7, 11) is 0. The van der Waals surface area contributed by atoms with E-state index in [9.17, 15) is 0 Å². The second-order valence-corrected chi connectivity index (χ2v) is 7.31. The normalized spacial score (nSPS) is 10.6. The first-order chi connectivity index (χ1) is 9.33. The van der Waals surface area contributed by atoms with Crippen LogP contribution in [0.2, 0.25) is 0 Å². The Bertz CT molecular complexity index is 516. The Morgan fingerprint density at radius 3 is 2.58 bits per heavy atom. The Labute approximate surface area is 126 Å². The smallest absolute Gasteiger partial charge is 0.175 e. The summed E-state index contributed by atoms with van der Waals surface area (Å²) in [6.45, 7) is 4.82. The van der Waals surface area contributed by atoms with Crippen molar-refractivity contribution >= 4 is 34.9 Å². The first-order valence-corrected chi connectivity index (χ1v) is 8.92. The molecule has 1 aromatic carbocycles. The number of rotatable bonds is 7. The van der Waals surface area contributed by atoms with E-state index in [-0.39, 0.29) is 0 Å². The molecule has 0 aliphatic heterocycles. The van der Waals surface area contributed by atoms with Crippen LogP contribution in [-0.4, -0.2) is 22.6 Å². The second-order valence-electron chi connectivity index (χ2n) is 3.60. The van der Waals surface area contributed by atoms with Crippen molar-refractivity contribution in [2.45, 2.75) is 28.3 Å². The van der Waals surface area contributed by atoms with Crippen LogP contribution in [0.4, 0.5) is 0 Å². The van der Waals surface area contributed by atoms with Crippen LogP contribution in [0.1, 0.15) is 19.4 Å². The van der Waals surface area contributed by atoms with Crippen LogP contribution < -0.4 is 4.74 Å². The number of hydrogen-bond donors (Lipinski definition) is 0. The summed E-state index contributed by atoms with van der Waals surface area (Å²) in [4.78, 5) is 0. The highest BCUT2D eigenvalue weighted by Crippen LogP contribution is 2.32. The molecule has 0 radical (unpaired) electrons. The zero-order valence-corrected chi connectivity index (χ0v) is 13.4. The molecule has 2 rings (SSSR count). The van der Waals surface area contributed by atoms with E-state index in [1.807, 2.05) is 25.1 Å². The fourth-order valence-electron chi connectivity index (χ4n) is 1.50. The Hall–Kier alpha value is -0.720. The zero-order chi connectivity index (χ0) is 13.5. The van der Waals surface area contributed by atoms with Gasteiger partial charge in [0.1, 0.15) is 5.75 Å². The van der Waals surface area contributed by atoms with Crippen molar-refractivity contribution in [3.05, 3.63) is 29.8 Å². The van der Waals surface area contributed by atoms with Gasteiger partial charge in [0.05, 0.1) is 6.61 Å². The topological polar surface area (TPSA) is 35.0 Å². The molecule has 0 atom stereocenters. The maximum Gasteiger partial charge on any atom is 0.175 e. The Kier molecular flexibility index (Phi) is 6.00. The van der Waals surface area contributed by atoms with Crippen molar-refractivity contribution in [3.8, 4) is 5.75 Å². The molecule has 2 aromatic rings. The van der Waals surface area contributed by atoms with Gasteiger partial charge in [-0.05, 0) is 18.7 Å². The van der Waals surface area contributed by atoms with Crippen molar-refractivity contribution in [1.82, 2.24) is 10.2 Å². The van der Waals surface area contributed by atoms with Crippen LogP contribution in [0, 0.1) is 0 Å². The van der Waals surface area contributed by atoms with E-state index in [4.69, 9.17) is 4.74 Å². The molecule has 0 aliphatic carbocycles. The molecule has 1 aromatic heterocycles. The van der Waals surface area contributed by atoms with Crippen molar-refractivity contribution in [2.75, 3.05) is 12.4 Å². The molecule has 1 heterocycles. The molecule has 0 saturated carbocycles. The van der Waals surface area contributed by atoms with Gasteiger partial charge in [-0.1, -0.05) is 60.0 Å². The van der Waals surface area contributed by atoms with E-state index in [2.05, 4.69) is 23.2 Å². The molecule has 0 saturated heterocycles. The predicted octanol–water partition coefficient (Wildman–Crippen LogP) is 4.34. The lowest BCUT2D eigenvalue weighted by atomic mass is 10.2. The summed E-state index contributed by atoms with van der Waals surface area (Å²) in [5, 5.41) is 8.35. The van der Waals surface area contributed by atoms with Gasteiger partial charge in [-0.3, -0.25) is 0 Å². The number of nitrogens with zero attached hydrogens (tertiary/aromatic N) is 2. The molecule has 0 bridgehead atoms. The van der Waals surface area contributed by atoms with Crippen molar-refractivity contribution < 1.29 is 4.74 Å². The van der Waals surface area contributed by atoms with E-state index in [1.165, 1.54) is 5.56 Å². The minimum atomic E-state index is 0.692. The Morgan fingerprint density at radius 2 is 1.84 bits per heavy atom. The van der Waals surface area contributed by atoms with Gasteiger partial charge < -0.3 is 4.74 Å². The van der Waals surface area contributed by atoms with E-state index in [0.717, 1.165) is 25.9 Å². The lowest BCUT2D eigenvalue weighted by Crippen LogP contribution is -1.95. The van der Waals surface area contributed by atoms with E-state index in [0.29, 0.717) is 6.61 Å². The molecular weight excluding hydrogens is 296 g/mol. The number of benzene rings is 1. The summed E-state index contributed by atoms with van der Waals surface area (Å²) < 4.78 is 7.68. The number of thioether (sulfide) groups is 2. The van der Waals surface area contributed by atoms with Gasteiger partial charge in [0.2, 0.25) is 0 Å². The van der Waals surface area contributed by atoms with E-state index in [1.54, 1.807) is 34.9 Å². The van der Waals surface area contributed by atoms with Crippen LogP contribution >= 0.6 is 34.9 Å². The van der Waals surface area contributed by atoms with Crippen LogP contribution in [0.15, 0.2) is 32.9 Å². The highest BCUT2D eigenvalue weighted by molar-refractivity contribution is 8.02. The van der Waals surface area contributed by atoms with E-state index < -0.39 is 0 Å². The molecular formula is C13H16N2OS3. The second kappa shape index (κ2) is 7.77. The molecule has 0 unspecified atom stereocenters. The highest BCUT2D eigenvalue weighted by atomic mass is 32.2. The number of aromatic nitrogens is 2. The van der Waals surface area contributed by atoms with Gasteiger partial charge in [-0.25, -0.2) is 0 Å². The van der Waals surface area contributed by atoms with Crippen molar-refractivity contribution in [2.24, 2.45) is 0 Å². The van der Waals surface area contributed by atoms with Crippen LogP contribution in [-0.2, 0) is 5.75 Å². The summed E-state index contributed by atoms with van der Waals surface area (Å²) in [5.74, 6) is 2.86. The Morgan fingerprint density at radius 1 is 1.11 bits per heavy atom. The van der Waals surface area contributed by atoms with Crippen LogP contribution in [0.3, 0.4) is 0 Å². The Balaban J connectivity index is 1.97. The number of hydrogen-bond acceptors (Lipinski definition) is 6. The maximum absolute atomic E-state index is 5.62. The fraction of sp³-hybridized carbons (Fsp3) is 0.385. The van der Waals surface area contributed by atoms with Crippen LogP contribution in [0.25, 0.3) is 0 Å². The molecule has 0 fully saturated rings. The van der Waals surface area contributed by atoms with Gasteiger partial charge >= 0.3 is 0 Å². The predicted molar refractivity (Wildman–Crippen MR) is 83.5 cm³/mol. The van der Waals surface area contributed by atoms with Crippen LogP contribution in [0.5, 0.6) is 5.75 Å². The monoisotopic (exact) mass is 312 g/mol. The average molecular weight is 312 g/mol. The molecule has 19 heavy (non-hydrogen) atoms. The van der Waals surface area contributed by atoms with Crippen molar-refractivity contribution in [1.29, 1.82) is 0 Å². The van der Waals surface area contributed by atoms with Gasteiger partial charge in [0, 0.05) is 11.3 Å². The minimum Gasteiger partial charge on any atom is -0.494 e. The average Bonchev–Trinajstić information content (AvgIpc) is 2.86. The molecule has 0 aliphatic rings. The standard InChI is InChI=1S/C13H16N2OS3/c1-3-16-11-8-6-5-7-10(11)9-18-13-15-14-12(19-13)17-4-2/h5-8H,3-4,9H2,1-2H3. The SMILES string of the molecule is CCOc1ccccc1CSc1nnc(SCC)s1. The molecule has 6 heteroatoms. The first-order valence-electron chi connectivity index (χ1n) is 6.13.